The van der Waals surface area contributed by atoms with Gasteiger partial charge in [0.15, 0.2) is 0 Å². The van der Waals surface area contributed by atoms with Crippen molar-refractivity contribution >= 4 is 28.4 Å². The molecule has 1 aliphatic rings. The Bertz CT molecular complexity index is 1480. The van der Waals surface area contributed by atoms with Crippen molar-refractivity contribution in [2.24, 2.45) is 0 Å². The monoisotopic (exact) mass is 466 g/mol. The maximum Gasteiger partial charge on any atom is 0.0482 e. The van der Waals surface area contributed by atoms with Crippen LogP contribution >= 0.6 is 0 Å². The van der Waals surface area contributed by atoms with E-state index in [2.05, 4.69) is 158 Å². The minimum absolute atomic E-state index is 0.0119. The van der Waals surface area contributed by atoms with Crippen LogP contribution in [-0.4, -0.2) is 7.05 Å². The molecule has 0 atom stereocenters. The van der Waals surface area contributed by atoms with E-state index >= 15 is 0 Å². The summed E-state index contributed by atoms with van der Waals surface area (Å²) in [4.78, 5) is 4.59. The van der Waals surface area contributed by atoms with E-state index in [4.69, 9.17) is 0 Å². The van der Waals surface area contributed by atoms with Gasteiger partial charge in [0.25, 0.3) is 0 Å². The highest BCUT2D eigenvalue weighted by molar-refractivity contribution is 5.84. The standard InChI is InChI=1S/C34H30N2/c1-34(2)32-20-11-10-19-30(32)31-22-21-28(24-33(31)34)35(3)27-17-12-18-29(23-27)36(25-13-6-4-7-14-25)26-15-8-5-9-16-26/h4-24H,1-3H3. The van der Waals surface area contributed by atoms with Crippen LogP contribution in [0.4, 0.5) is 28.4 Å². The fourth-order valence-electron chi connectivity index (χ4n) is 5.49. The maximum absolute atomic E-state index is 2.37. The Balaban J connectivity index is 1.40. The third kappa shape index (κ3) is 3.67. The summed E-state index contributed by atoms with van der Waals surface area (Å²) in [5, 5.41) is 0. The van der Waals surface area contributed by atoms with Gasteiger partial charge in [-0.1, -0.05) is 86.6 Å². The molecule has 0 unspecified atom stereocenters. The minimum Gasteiger partial charge on any atom is -0.345 e. The van der Waals surface area contributed by atoms with Crippen LogP contribution in [-0.2, 0) is 5.41 Å². The number of hydrogen-bond donors (Lipinski definition) is 0. The van der Waals surface area contributed by atoms with Gasteiger partial charge in [-0.15, -0.1) is 0 Å². The molecule has 0 spiro atoms. The molecule has 0 aromatic heterocycles. The number of benzene rings is 5. The lowest BCUT2D eigenvalue weighted by Gasteiger charge is -2.28. The number of para-hydroxylation sites is 2. The molecule has 0 aliphatic heterocycles. The highest BCUT2D eigenvalue weighted by Gasteiger charge is 2.35. The number of nitrogens with zero attached hydrogens (tertiary/aromatic N) is 2. The summed E-state index contributed by atoms with van der Waals surface area (Å²) < 4.78 is 0. The van der Waals surface area contributed by atoms with Crippen LogP contribution in [0.1, 0.15) is 25.0 Å². The molecule has 5 aromatic rings. The second-order valence-corrected chi connectivity index (χ2v) is 9.99. The van der Waals surface area contributed by atoms with Crippen molar-refractivity contribution in [1.29, 1.82) is 0 Å². The molecule has 2 nitrogen and oxygen atoms in total. The fourth-order valence-corrected chi connectivity index (χ4v) is 5.49. The van der Waals surface area contributed by atoms with Crippen LogP contribution in [0.2, 0.25) is 0 Å². The molecular weight excluding hydrogens is 436 g/mol. The lowest BCUT2D eigenvalue weighted by Crippen LogP contribution is -2.16. The Labute approximate surface area is 214 Å². The molecule has 0 saturated carbocycles. The molecule has 0 heterocycles. The molecule has 0 N–H and O–H groups in total. The number of fused-ring (bicyclic) bond motifs is 3. The molecule has 1 aliphatic carbocycles. The third-order valence-corrected chi connectivity index (χ3v) is 7.46. The smallest absolute Gasteiger partial charge is 0.0482 e. The van der Waals surface area contributed by atoms with Gasteiger partial charge in [-0.2, -0.15) is 0 Å². The number of hydrogen-bond acceptors (Lipinski definition) is 2. The zero-order valence-electron chi connectivity index (χ0n) is 21.0. The van der Waals surface area contributed by atoms with Crippen molar-refractivity contribution < 1.29 is 0 Å². The largest absolute Gasteiger partial charge is 0.345 e. The zero-order valence-corrected chi connectivity index (χ0v) is 21.0. The molecule has 0 saturated heterocycles. The minimum atomic E-state index is -0.0119. The van der Waals surface area contributed by atoms with Gasteiger partial charge in [0.1, 0.15) is 0 Å². The third-order valence-electron chi connectivity index (χ3n) is 7.46. The number of anilines is 5. The first-order valence-corrected chi connectivity index (χ1v) is 12.5. The van der Waals surface area contributed by atoms with Crippen molar-refractivity contribution in [3.63, 3.8) is 0 Å². The van der Waals surface area contributed by atoms with Crippen LogP contribution in [0, 0.1) is 0 Å². The molecule has 176 valence electrons. The molecule has 5 aromatic carbocycles. The molecule has 6 rings (SSSR count). The van der Waals surface area contributed by atoms with Gasteiger partial charge in [0, 0.05) is 40.9 Å². The SMILES string of the molecule is CN(c1cccc(N(c2ccccc2)c2ccccc2)c1)c1ccc2c(c1)C(C)(C)c1ccccc1-2. The van der Waals surface area contributed by atoms with E-state index < -0.39 is 0 Å². The molecule has 36 heavy (non-hydrogen) atoms. The van der Waals surface area contributed by atoms with E-state index in [0.717, 1.165) is 22.7 Å². The molecule has 2 heteroatoms. The van der Waals surface area contributed by atoms with Crippen LogP contribution in [0.3, 0.4) is 0 Å². The maximum atomic E-state index is 2.37. The van der Waals surface area contributed by atoms with Crippen molar-refractivity contribution in [3.8, 4) is 11.1 Å². The van der Waals surface area contributed by atoms with Crippen molar-refractivity contribution in [2.75, 3.05) is 16.8 Å². The Kier molecular flexibility index (Phi) is 5.38. The van der Waals surface area contributed by atoms with E-state index in [1.807, 2.05) is 0 Å². The first kappa shape index (κ1) is 22.2. The lowest BCUT2D eigenvalue weighted by molar-refractivity contribution is 0.660. The van der Waals surface area contributed by atoms with Gasteiger partial charge >= 0.3 is 0 Å². The average Bonchev–Trinajstić information content (AvgIpc) is 3.16. The fraction of sp³-hybridized carbons (Fsp3) is 0.118. The van der Waals surface area contributed by atoms with Crippen LogP contribution < -0.4 is 9.80 Å². The van der Waals surface area contributed by atoms with E-state index in [9.17, 15) is 0 Å². The number of rotatable bonds is 5. The molecule has 0 amide bonds. The Morgan fingerprint density at radius 2 is 0.972 bits per heavy atom. The second kappa shape index (κ2) is 8.73. The Hall–Kier alpha value is -4.30. The summed E-state index contributed by atoms with van der Waals surface area (Å²) in [6.45, 7) is 4.67. The van der Waals surface area contributed by atoms with Gasteiger partial charge in [0.2, 0.25) is 0 Å². The highest BCUT2D eigenvalue weighted by Crippen LogP contribution is 2.49. The van der Waals surface area contributed by atoms with Gasteiger partial charge in [-0.05, 0) is 76.9 Å². The molecule has 0 bridgehead atoms. The molecule has 0 radical (unpaired) electrons. The summed E-state index contributed by atoms with van der Waals surface area (Å²) in [6, 6.07) is 45.6. The van der Waals surface area contributed by atoms with Crippen LogP contribution in [0.5, 0.6) is 0 Å². The molecule has 0 fully saturated rings. The van der Waals surface area contributed by atoms with Crippen molar-refractivity contribution in [1.82, 2.24) is 0 Å². The van der Waals surface area contributed by atoms with Gasteiger partial charge in [-0.25, -0.2) is 0 Å². The van der Waals surface area contributed by atoms with Gasteiger partial charge in [-0.3, -0.25) is 0 Å². The van der Waals surface area contributed by atoms with Crippen LogP contribution in [0.25, 0.3) is 11.1 Å². The van der Waals surface area contributed by atoms with Gasteiger partial charge < -0.3 is 9.80 Å². The summed E-state index contributed by atoms with van der Waals surface area (Å²) >= 11 is 0. The topological polar surface area (TPSA) is 6.48 Å². The summed E-state index contributed by atoms with van der Waals surface area (Å²) in [5.74, 6) is 0. The zero-order chi connectivity index (χ0) is 24.7. The van der Waals surface area contributed by atoms with Crippen molar-refractivity contribution in [2.45, 2.75) is 19.3 Å². The summed E-state index contributed by atoms with van der Waals surface area (Å²) in [7, 11) is 2.16. The summed E-state index contributed by atoms with van der Waals surface area (Å²) in [5.41, 5.74) is 11.2. The lowest BCUT2D eigenvalue weighted by atomic mass is 9.82. The van der Waals surface area contributed by atoms with E-state index in [1.54, 1.807) is 0 Å². The van der Waals surface area contributed by atoms with Crippen molar-refractivity contribution in [3.05, 3.63) is 139 Å². The van der Waals surface area contributed by atoms with Gasteiger partial charge in [0.05, 0.1) is 0 Å². The van der Waals surface area contributed by atoms with E-state index in [1.165, 1.54) is 27.9 Å². The molecular formula is C34H30N2. The predicted molar refractivity (Wildman–Crippen MR) is 153 cm³/mol. The first-order valence-electron chi connectivity index (χ1n) is 12.5. The van der Waals surface area contributed by atoms with E-state index in [-0.39, 0.29) is 5.41 Å². The Morgan fingerprint density at radius 3 is 1.67 bits per heavy atom. The quantitative estimate of drug-likeness (QED) is 0.255. The Morgan fingerprint density at radius 1 is 0.444 bits per heavy atom. The summed E-state index contributed by atoms with van der Waals surface area (Å²) in [6.07, 6.45) is 0. The highest BCUT2D eigenvalue weighted by atomic mass is 15.2. The normalized spacial score (nSPS) is 13.1. The predicted octanol–water partition coefficient (Wildman–Crippen LogP) is 9.23. The second-order valence-electron chi connectivity index (χ2n) is 9.99. The van der Waals surface area contributed by atoms with E-state index in [0.29, 0.717) is 0 Å². The first-order chi connectivity index (χ1) is 17.5. The average molecular weight is 467 g/mol. The van der Waals surface area contributed by atoms with Crippen LogP contribution in [0.15, 0.2) is 127 Å².